The maximum absolute atomic E-state index is 13.1. The van der Waals surface area contributed by atoms with E-state index >= 15 is 0 Å². The molecule has 2 amide bonds. The third kappa shape index (κ3) is 4.83. The second kappa shape index (κ2) is 10.2. The van der Waals surface area contributed by atoms with Gasteiger partial charge in [0.05, 0.1) is 16.3 Å². The van der Waals surface area contributed by atoms with Gasteiger partial charge in [-0.05, 0) is 43.5 Å². The fourth-order valence-corrected chi connectivity index (χ4v) is 6.22. The number of piperidine rings is 1. The maximum atomic E-state index is 13.1. The molecule has 35 heavy (non-hydrogen) atoms. The Balaban J connectivity index is 1.62. The van der Waals surface area contributed by atoms with Crippen LogP contribution in [0.5, 0.6) is 0 Å². The predicted molar refractivity (Wildman–Crippen MR) is 138 cm³/mol. The van der Waals surface area contributed by atoms with Crippen LogP contribution in [0, 0.1) is 0 Å². The highest BCUT2D eigenvalue weighted by Crippen LogP contribution is 2.33. The quantitative estimate of drug-likeness (QED) is 0.601. The molecule has 0 spiro atoms. The van der Waals surface area contributed by atoms with Gasteiger partial charge in [0.2, 0.25) is 15.9 Å². The Morgan fingerprint density at radius 1 is 1.03 bits per heavy atom. The minimum absolute atomic E-state index is 0.131. The first-order valence-corrected chi connectivity index (χ1v) is 13.5. The summed E-state index contributed by atoms with van der Waals surface area (Å²) in [6.07, 6.45) is 3.22. The lowest BCUT2D eigenvalue weighted by atomic mass is 10.1. The van der Waals surface area contributed by atoms with Crippen LogP contribution in [0.25, 0.3) is 5.70 Å². The van der Waals surface area contributed by atoms with Gasteiger partial charge in [0.15, 0.2) is 0 Å². The SMILES string of the molecule is C=C1c2ccccc2C(=O)N1CC(=O)Nc1cc(S(=O)(=O)N(CC)CC)ccc1N1CCCCC1. The van der Waals surface area contributed by atoms with Crippen LogP contribution in [0.15, 0.2) is 53.9 Å². The molecule has 0 radical (unpaired) electrons. The molecule has 9 heteroatoms. The van der Waals surface area contributed by atoms with E-state index in [1.807, 2.05) is 12.1 Å². The smallest absolute Gasteiger partial charge is 0.259 e. The Morgan fingerprint density at radius 3 is 2.31 bits per heavy atom. The Bertz CT molecular complexity index is 1210. The molecule has 0 bridgehead atoms. The molecular formula is C26H32N4O4S. The Hall–Kier alpha value is -3.17. The topological polar surface area (TPSA) is 90.0 Å². The standard InChI is InChI=1S/C26H32N4O4S/c1-4-29(5-2)35(33,34)20-13-14-24(28-15-9-6-10-16-28)23(17-20)27-25(31)18-30-19(3)21-11-7-8-12-22(21)26(30)32/h7-8,11-14,17H,3-6,9-10,15-16,18H2,1-2H3,(H,27,31). The molecule has 4 rings (SSSR count). The van der Waals surface area contributed by atoms with Crippen LogP contribution in [-0.4, -0.2) is 62.2 Å². The van der Waals surface area contributed by atoms with Crippen LogP contribution in [0.1, 0.15) is 49.0 Å². The lowest BCUT2D eigenvalue weighted by molar-refractivity contribution is -0.116. The zero-order valence-corrected chi connectivity index (χ0v) is 21.1. The summed E-state index contributed by atoms with van der Waals surface area (Å²) in [6.45, 7) is 9.76. The molecule has 0 saturated carbocycles. The van der Waals surface area contributed by atoms with Crippen molar-refractivity contribution in [2.24, 2.45) is 0 Å². The first kappa shape index (κ1) is 24.9. The van der Waals surface area contributed by atoms with Crippen molar-refractivity contribution in [1.29, 1.82) is 0 Å². The number of rotatable bonds is 8. The van der Waals surface area contributed by atoms with Gasteiger partial charge in [-0.25, -0.2) is 8.42 Å². The summed E-state index contributed by atoms with van der Waals surface area (Å²) in [6, 6.07) is 12.0. The fraction of sp³-hybridized carbons (Fsp3) is 0.385. The number of benzene rings is 2. The monoisotopic (exact) mass is 496 g/mol. The van der Waals surface area contributed by atoms with Crippen molar-refractivity contribution in [3.63, 3.8) is 0 Å². The molecule has 186 valence electrons. The third-order valence-corrected chi connectivity index (χ3v) is 8.67. The Labute approximate surface area is 207 Å². The number of amides is 2. The van der Waals surface area contributed by atoms with Crippen molar-refractivity contribution in [3.05, 3.63) is 60.2 Å². The highest BCUT2D eigenvalue weighted by atomic mass is 32.2. The number of carbonyl (C=O) groups is 2. The highest BCUT2D eigenvalue weighted by Gasteiger charge is 2.32. The number of anilines is 2. The second-order valence-electron chi connectivity index (χ2n) is 8.75. The van der Waals surface area contributed by atoms with Crippen molar-refractivity contribution in [2.45, 2.75) is 38.0 Å². The van der Waals surface area contributed by atoms with Crippen molar-refractivity contribution in [3.8, 4) is 0 Å². The molecule has 1 N–H and O–H groups in total. The van der Waals surface area contributed by atoms with E-state index in [-0.39, 0.29) is 17.3 Å². The normalized spacial score (nSPS) is 16.1. The largest absolute Gasteiger partial charge is 0.370 e. The summed E-state index contributed by atoms with van der Waals surface area (Å²) >= 11 is 0. The van der Waals surface area contributed by atoms with E-state index in [9.17, 15) is 18.0 Å². The molecule has 8 nitrogen and oxygen atoms in total. The number of carbonyl (C=O) groups excluding carboxylic acids is 2. The van der Waals surface area contributed by atoms with Gasteiger partial charge >= 0.3 is 0 Å². The van der Waals surface area contributed by atoms with Gasteiger partial charge < -0.3 is 10.2 Å². The number of hydrogen-bond acceptors (Lipinski definition) is 5. The van der Waals surface area contributed by atoms with E-state index in [2.05, 4.69) is 16.8 Å². The molecule has 2 aliphatic rings. The summed E-state index contributed by atoms with van der Waals surface area (Å²) in [4.78, 5) is 29.6. The summed E-state index contributed by atoms with van der Waals surface area (Å²) < 4.78 is 27.7. The summed E-state index contributed by atoms with van der Waals surface area (Å²) in [7, 11) is -3.70. The van der Waals surface area contributed by atoms with Crippen molar-refractivity contribution in [1.82, 2.24) is 9.21 Å². The van der Waals surface area contributed by atoms with E-state index in [0.29, 0.717) is 35.6 Å². The van der Waals surface area contributed by atoms with Gasteiger partial charge in [0.1, 0.15) is 6.54 Å². The van der Waals surface area contributed by atoms with Crippen molar-refractivity contribution < 1.29 is 18.0 Å². The maximum Gasteiger partial charge on any atom is 0.259 e. The zero-order valence-electron chi connectivity index (χ0n) is 20.3. The van der Waals surface area contributed by atoms with E-state index in [1.165, 1.54) is 15.3 Å². The number of nitrogens with one attached hydrogen (secondary N) is 1. The molecule has 0 aliphatic carbocycles. The molecule has 2 aliphatic heterocycles. The molecule has 2 aromatic rings. The zero-order chi connectivity index (χ0) is 25.2. The average molecular weight is 497 g/mol. The van der Waals surface area contributed by atoms with Crippen LogP contribution in [-0.2, 0) is 14.8 Å². The summed E-state index contributed by atoms with van der Waals surface area (Å²) in [5.41, 5.74) is 2.93. The molecule has 0 unspecified atom stereocenters. The van der Waals surface area contributed by atoms with E-state index in [4.69, 9.17) is 0 Å². The molecule has 1 saturated heterocycles. The first-order valence-electron chi connectivity index (χ1n) is 12.1. The van der Waals surface area contributed by atoms with Gasteiger partial charge in [-0.1, -0.05) is 38.6 Å². The Morgan fingerprint density at radius 2 is 1.69 bits per heavy atom. The van der Waals surface area contributed by atoms with Gasteiger partial charge in [0.25, 0.3) is 5.91 Å². The van der Waals surface area contributed by atoms with Crippen LogP contribution < -0.4 is 10.2 Å². The highest BCUT2D eigenvalue weighted by molar-refractivity contribution is 7.89. The number of sulfonamides is 1. The molecule has 0 atom stereocenters. The summed E-state index contributed by atoms with van der Waals surface area (Å²) in [5, 5.41) is 2.89. The molecule has 2 heterocycles. The number of nitrogens with zero attached hydrogens (tertiary/aromatic N) is 3. The van der Waals surface area contributed by atoms with Crippen molar-refractivity contribution >= 4 is 38.9 Å². The lowest BCUT2D eigenvalue weighted by Gasteiger charge is -2.31. The van der Waals surface area contributed by atoms with Crippen LogP contribution >= 0.6 is 0 Å². The molecule has 0 aromatic heterocycles. The predicted octanol–water partition coefficient (Wildman–Crippen LogP) is 3.77. The van der Waals surface area contributed by atoms with Gasteiger partial charge in [0, 0.05) is 43.0 Å². The molecular weight excluding hydrogens is 464 g/mol. The second-order valence-corrected chi connectivity index (χ2v) is 10.7. The average Bonchev–Trinajstić information content (AvgIpc) is 3.10. The number of fused-ring (bicyclic) bond motifs is 1. The molecule has 1 fully saturated rings. The fourth-order valence-electron chi connectivity index (χ4n) is 4.73. The van der Waals surface area contributed by atoms with Crippen LogP contribution in [0.4, 0.5) is 11.4 Å². The van der Waals surface area contributed by atoms with Crippen LogP contribution in [0.2, 0.25) is 0 Å². The van der Waals surface area contributed by atoms with Gasteiger partial charge in [-0.3, -0.25) is 14.5 Å². The van der Waals surface area contributed by atoms with E-state index in [0.717, 1.165) is 38.0 Å². The number of hydrogen-bond donors (Lipinski definition) is 1. The van der Waals surface area contributed by atoms with Crippen LogP contribution in [0.3, 0.4) is 0 Å². The minimum Gasteiger partial charge on any atom is -0.370 e. The van der Waals surface area contributed by atoms with E-state index in [1.54, 1.807) is 38.1 Å². The van der Waals surface area contributed by atoms with Crippen molar-refractivity contribution in [2.75, 3.05) is 42.9 Å². The van der Waals surface area contributed by atoms with Gasteiger partial charge in [-0.15, -0.1) is 0 Å². The third-order valence-electron chi connectivity index (χ3n) is 6.62. The molecule has 2 aromatic carbocycles. The lowest BCUT2D eigenvalue weighted by Crippen LogP contribution is -2.34. The van der Waals surface area contributed by atoms with E-state index < -0.39 is 15.9 Å². The van der Waals surface area contributed by atoms with Gasteiger partial charge in [-0.2, -0.15) is 4.31 Å². The summed E-state index contributed by atoms with van der Waals surface area (Å²) in [5.74, 6) is -0.683. The first-order chi connectivity index (χ1) is 16.8. The Kier molecular flexibility index (Phi) is 7.28. The minimum atomic E-state index is -3.70.